The minimum absolute atomic E-state index is 0.0584. The summed E-state index contributed by atoms with van der Waals surface area (Å²) in [5.74, 6) is 0.920. The monoisotopic (exact) mass is 437 g/mol. The molecule has 5 nitrogen and oxygen atoms in total. The quantitative estimate of drug-likeness (QED) is 0.441. The van der Waals surface area contributed by atoms with E-state index in [4.69, 9.17) is 9.72 Å². The van der Waals surface area contributed by atoms with E-state index in [0.29, 0.717) is 18.7 Å². The number of para-hydroxylation sites is 3. The fraction of sp³-hybridized carbons (Fsp3) is 0.214. The molecule has 2 heterocycles. The van der Waals surface area contributed by atoms with Crippen LogP contribution >= 0.6 is 0 Å². The fourth-order valence-corrected chi connectivity index (χ4v) is 4.56. The first-order valence-corrected chi connectivity index (χ1v) is 11.3. The topological polar surface area (TPSA) is 45.7 Å². The highest BCUT2D eigenvalue weighted by Gasteiger charge is 2.25. The number of anilines is 1. The highest BCUT2D eigenvalue weighted by molar-refractivity contribution is 6.07. The molecule has 3 aromatic carbocycles. The van der Waals surface area contributed by atoms with Gasteiger partial charge in [-0.25, -0.2) is 4.98 Å². The number of piperazine rings is 1. The van der Waals surface area contributed by atoms with E-state index in [1.54, 1.807) is 7.11 Å². The zero-order valence-electron chi connectivity index (χ0n) is 19.0. The number of fused-ring (bicyclic) bond motifs is 1. The molecule has 33 heavy (non-hydrogen) atoms. The van der Waals surface area contributed by atoms with Crippen LogP contribution in [0.1, 0.15) is 15.9 Å². The molecule has 0 spiro atoms. The number of carbonyl (C=O) groups is 1. The Balaban J connectivity index is 1.45. The van der Waals surface area contributed by atoms with E-state index in [0.717, 1.165) is 52.3 Å². The average molecular weight is 438 g/mol. The van der Waals surface area contributed by atoms with Gasteiger partial charge in [0.2, 0.25) is 0 Å². The second-order valence-corrected chi connectivity index (χ2v) is 8.34. The minimum atomic E-state index is 0.0584. The van der Waals surface area contributed by atoms with Crippen molar-refractivity contribution in [3.05, 3.63) is 90.0 Å². The highest BCUT2D eigenvalue weighted by Crippen LogP contribution is 2.30. The SMILES string of the molecule is COc1ccccc1N1CCN(C(=O)c2cc(-c3ccccc3C)nc3ccccc23)CC1. The zero-order valence-corrected chi connectivity index (χ0v) is 19.0. The first kappa shape index (κ1) is 21.0. The average Bonchev–Trinajstić information content (AvgIpc) is 2.88. The summed E-state index contributed by atoms with van der Waals surface area (Å²) in [6, 6.07) is 26.1. The standard InChI is InChI=1S/C28H27N3O2/c1-20-9-3-4-10-21(20)25-19-23(22-11-5-6-12-24(22)29-25)28(32)31-17-15-30(16-18-31)26-13-7-8-14-27(26)33-2/h3-14,19H,15-18H2,1-2H3. The second kappa shape index (κ2) is 8.94. The van der Waals surface area contributed by atoms with E-state index < -0.39 is 0 Å². The molecule has 0 bridgehead atoms. The molecule has 1 aliphatic rings. The van der Waals surface area contributed by atoms with Crippen molar-refractivity contribution in [3.8, 4) is 17.0 Å². The Labute approximate surface area is 194 Å². The maximum absolute atomic E-state index is 13.7. The third kappa shape index (κ3) is 4.02. The molecular formula is C28H27N3O2. The molecule has 5 heteroatoms. The molecule has 0 atom stereocenters. The molecule has 4 aromatic rings. The molecule has 0 N–H and O–H groups in total. The Bertz CT molecular complexity index is 1310. The lowest BCUT2D eigenvalue weighted by Gasteiger charge is -2.36. The molecule has 1 saturated heterocycles. The maximum atomic E-state index is 13.7. The lowest BCUT2D eigenvalue weighted by atomic mass is 10.00. The lowest BCUT2D eigenvalue weighted by molar-refractivity contribution is 0.0748. The summed E-state index contributed by atoms with van der Waals surface area (Å²) in [5, 5.41) is 0.895. The van der Waals surface area contributed by atoms with Gasteiger partial charge in [0.25, 0.3) is 5.91 Å². The van der Waals surface area contributed by atoms with Crippen LogP contribution in [-0.4, -0.2) is 49.1 Å². The molecular weight excluding hydrogens is 410 g/mol. The van der Waals surface area contributed by atoms with E-state index in [2.05, 4.69) is 30.0 Å². The number of amides is 1. The number of benzene rings is 3. The number of nitrogens with zero attached hydrogens (tertiary/aromatic N) is 3. The van der Waals surface area contributed by atoms with Crippen LogP contribution in [0.25, 0.3) is 22.2 Å². The van der Waals surface area contributed by atoms with Crippen molar-refractivity contribution in [2.24, 2.45) is 0 Å². The maximum Gasteiger partial charge on any atom is 0.254 e. The first-order chi connectivity index (χ1) is 16.2. The highest BCUT2D eigenvalue weighted by atomic mass is 16.5. The van der Waals surface area contributed by atoms with Gasteiger partial charge in [0, 0.05) is 37.1 Å². The molecule has 1 fully saturated rings. The molecule has 1 amide bonds. The summed E-state index contributed by atoms with van der Waals surface area (Å²) in [4.78, 5) is 22.8. The summed E-state index contributed by atoms with van der Waals surface area (Å²) < 4.78 is 5.53. The van der Waals surface area contributed by atoms with Gasteiger partial charge in [-0.1, -0.05) is 54.6 Å². The zero-order chi connectivity index (χ0) is 22.8. The number of methoxy groups -OCH3 is 1. The number of aryl methyl sites for hydroxylation is 1. The van der Waals surface area contributed by atoms with E-state index >= 15 is 0 Å². The van der Waals surface area contributed by atoms with Crippen molar-refractivity contribution in [1.82, 2.24) is 9.88 Å². The van der Waals surface area contributed by atoms with Gasteiger partial charge in [0.15, 0.2) is 0 Å². The number of hydrogen-bond donors (Lipinski definition) is 0. The number of aromatic nitrogens is 1. The molecule has 1 aromatic heterocycles. The molecule has 0 radical (unpaired) electrons. The van der Waals surface area contributed by atoms with E-state index in [1.807, 2.05) is 65.6 Å². The van der Waals surface area contributed by atoms with Crippen molar-refractivity contribution in [1.29, 1.82) is 0 Å². The molecule has 166 valence electrons. The van der Waals surface area contributed by atoms with Gasteiger partial charge < -0.3 is 14.5 Å². The second-order valence-electron chi connectivity index (χ2n) is 8.34. The van der Waals surface area contributed by atoms with Crippen molar-refractivity contribution in [2.45, 2.75) is 6.92 Å². The Morgan fingerprint density at radius 1 is 0.879 bits per heavy atom. The predicted octanol–water partition coefficient (Wildman–Crippen LogP) is 5.18. The van der Waals surface area contributed by atoms with Gasteiger partial charge in [-0.15, -0.1) is 0 Å². The van der Waals surface area contributed by atoms with Gasteiger partial charge in [0.05, 0.1) is 29.6 Å². The van der Waals surface area contributed by atoms with Crippen molar-refractivity contribution >= 4 is 22.5 Å². The normalized spacial score (nSPS) is 13.9. The molecule has 5 rings (SSSR count). The van der Waals surface area contributed by atoms with Gasteiger partial charge in [-0.2, -0.15) is 0 Å². The largest absolute Gasteiger partial charge is 0.495 e. The fourth-order valence-electron chi connectivity index (χ4n) is 4.56. The number of hydrogen-bond acceptors (Lipinski definition) is 4. The summed E-state index contributed by atoms with van der Waals surface area (Å²) in [5.41, 5.74) is 5.66. The van der Waals surface area contributed by atoms with E-state index in [-0.39, 0.29) is 5.91 Å². The van der Waals surface area contributed by atoms with Gasteiger partial charge >= 0.3 is 0 Å². The van der Waals surface area contributed by atoms with Crippen LogP contribution < -0.4 is 9.64 Å². The molecule has 0 unspecified atom stereocenters. The number of rotatable bonds is 4. The van der Waals surface area contributed by atoms with Gasteiger partial charge in [-0.05, 0) is 36.8 Å². The number of pyridine rings is 1. The smallest absolute Gasteiger partial charge is 0.254 e. The van der Waals surface area contributed by atoms with E-state index in [1.165, 1.54) is 0 Å². The van der Waals surface area contributed by atoms with Crippen molar-refractivity contribution in [3.63, 3.8) is 0 Å². The van der Waals surface area contributed by atoms with Crippen LogP contribution in [0.15, 0.2) is 78.9 Å². The van der Waals surface area contributed by atoms with E-state index in [9.17, 15) is 4.79 Å². The summed E-state index contributed by atoms with van der Waals surface area (Å²) in [6.45, 7) is 4.92. The molecule has 1 aliphatic heterocycles. The Kier molecular flexibility index (Phi) is 5.69. The Morgan fingerprint density at radius 2 is 1.58 bits per heavy atom. The lowest BCUT2D eigenvalue weighted by Crippen LogP contribution is -2.49. The van der Waals surface area contributed by atoms with Crippen LogP contribution in [-0.2, 0) is 0 Å². The Morgan fingerprint density at radius 3 is 2.36 bits per heavy atom. The molecule has 0 aliphatic carbocycles. The third-order valence-corrected chi connectivity index (χ3v) is 6.36. The van der Waals surface area contributed by atoms with Crippen LogP contribution in [0.2, 0.25) is 0 Å². The van der Waals surface area contributed by atoms with Crippen LogP contribution in [0.5, 0.6) is 5.75 Å². The van der Waals surface area contributed by atoms with Crippen LogP contribution in [0.4, 0.5) is 5.69 Å². The number of ether oxygens (including phenoxy) is 1. The van der Waals surface area contributed by atoms with Crippen LogP contribution in [0.3, 0.4) is 0 Å². The summed E-state index contributed by atoms with van der Waals surface area (Å²) in [7, 11) is 1.69. The van der Waals surface area contributed by atoms with Crippen molar-refractivity contribution < 1.29 is 9.53 Å². The third-order valence-electron chi connectivity index (χ3n) is 6.36. The number of carbonyl (C=O) groups excluding carboxylic acids is 1. The first-order valence-electron chi connectivity index (χ1n) is 11.3. The predicted molar refractivity (Wildman–Crippen MR) is 133 cm³/mol. The Hall–Kier alpha value is -3.86. The van der Waals surface area contributed by atoms with Gasteiger partial charge in [-0.3, -0.25) is 4.79 Å². The van der Waals surface area contributed by atoms with Crippen molar-refractivity contribution in [2.75, 3.05) is 38.2 Å². The summed E-state index contributed by atoms with van der Waals surface area (Å²) >= 11 is 0. The molecule has 0 saturated carbocycles. The summed E-state index contributed by atoms with van der Waals surface area (Å²) in [6.07, 6.45) is 0. The van der Waals surface area contributed by atoms with Gasteiger partial charge in [0.1, 0.15) is 5.75 Å². The minimum Gasteiger partial charge on any atom is -0.495 e. The van der Waals surface area contributed by atoms with Crippen LogP contribution in [0, 0.1) is 6.92 Å².